The van der Waals surface area contributed by atoms with Crippen LogP contribution in [0.25, 0.3) is 0 Å². The van der Waals surface area contributed by atoms with Crippen LogP contribution in [0.1, 0.15) is 51.0 Å². The number of aromatic nitrogens is 2. The number of hydrogen-bond acceptors (Lipinski definition) is 4. The predicted molar refractivity (Wildman–Crippen MR) is 79.8 cm³/mol. The summed E-state index contributed by atoms with van der Waals surface area (Å²) in [6, 6.07) is 0.393. The lowest BCUT2D eigenvalue weighted by Gasteiger charge is -2.36. The van der Waals surface area contributed by atoms with Gasteiger partial charge in [-0.3, -0.25) is 4.79 Å². The van der Waals surface area contributed by atoms with E-state index in [-0.39, 0.29) is 11.0 Å². The molecule has 0 spiro atoms. The van der Waals surface area contributed by atoms with Crippen molar-refractivity contribution in [3.05, 3.63) is 22.7 Å². The fourth-order valence-corrected chi connectivity index (χ4v) is 3.21. The Hall–Kier alpha value is -1.36. The molecule has 5 heteroatoms. The molecule has 110 valence electrons. The molecule has 0 bridgehead atoms. The molecule has 2 saturated carbocycles. The smallest absolute Gasteiger partial charge is 0.293 e. The van der Waals surface area contributed by atoms with E-state index in [0.717, 1.165) is 32.2 Å². The average molecular weight is 276 g/mol. The molecule has 2 fully saturated rings. The lowest BCUT2D eigenvalue weighted by Crippen LogP contribution is -2.40. The molecule has 0 radical (unpaired) electrons. The Labute approximate surface area is 119 Å². The molecule has 20 heavy (non-hydrogen) atoms. The quantitative estimate of drug-likeness (QED) is 0.861. The Morgan fingerprint density at radius 1 is 1.35 bits per heavy atom. The molecule has 0 amide bonds. The third-order valence-electron chi connectivity index (χ3n) is 4.79. The van der Waals surface area contributed by atoms with Gasteiger partial charge in [0, 0.05) is 25.0 Å². The number of anilines is 1. The molecule has 3 rings (SSSR count). The van der Waals surface area contributed by atoms with Gasteiger partial charge in [0.25, 0.3) is 5.56 Å². The molecule has 0 unspecified atom stereocenters. The Bertz CT molecular complexity index is 515. The molecule has 5 nitrogen and oxygen atoms in total. The summed E-state index contributed by atoms with van der Waals surface area (Å²) in [6.07, 6.45) is 11.8. The fourth-order valence-electron chi connectivity index (χ4n) is 3.21. The number of nitrogens with two attached hydrogens (primary N) is 1. The topological polar surface area (TPSA) is 72.9 Å². The molecule has 1 aromatic rings. The highest BCUT2D eigenvalue weighted by molar-refractivity contribution is 5.31. The maximum absolute atomic E-state index is 12.3. The van der Waals surface area contributed by atoms with Gasteiger partial charge in [-0.05, 0) is 37.6 Å². The predicted octanol–water partition coefficient (Wildman–Crippen LogP) is 1.90. The van der Waals surface area contributed by atoms with Gasteiger partial charge in [0.05, 0.1) is 0 Å². The first kappa shape index (κ1) is 13.6. The first-order chi connectivity index (χ1) is 9.74. The third kappa shape index (κ3) is 2.73. The molecule has 2 aliphatic rings. The SMILES string of the molecule is NCC1(CNc2nccn(C3CC3)c2=O)CCCCC1. The lowest BCUT2D eigenvalue weighted by molar-refractivity contribution is 0.215. The van der Waals surface area contributed by atoms with Gasteiger partial charge in [-0.1, -0.05) is 19.3 Å². The van der Waals surface area contributed by atoms with Crippen LogP contribution in [0.3, 0.4) is 0 Å². The van der Waals surface area contributed by atoms with Gasteiger partial charge in [-0.15, -0.1) is 0 Å². The molecule has 3 N–H and O–H groups in total. The van der Waals surface area contributed by atoms with Crippen LogP contribution < -0.4 is 16.6 Å². The molecule has 0 saturated heterocycles. The van der Waals surface area contributed by atoms with E-state index in [4.69, 9.17) is 5.73 Å². The molecular weight excluding hydrogens is 252 g/mol. The monoisotopic (exact) mass is 276 g/mol. The van der Waals surface area contributed by atoms with Crippen molar-refractivity contribution in [1.29, 1.82) is 0 Å². The van der Waals surface area contributed by atoms with E-state index in [2.05, 4.69) is 10.3 Å². The summed E-state index contributed by atoms with van der Waals surface area (Å²) in [4.78, 5) is 16.5. The number of hydrogen-bond donors (Lipinski definition) is 2. The van der Waals surface area contributed by atoms with Crippen LogP contribution in [-0.4, -0.2) is 22.6 Å². The van der Waals surface area contributed by atoms with Gasteiger partial charge < -0.3 is 15.6 Å². The summed E-state index contributed by atoms with van der Waals surface area (Å²) in [5, 5.41) is 3.27. The van der Waals surface area contributed by atoms with Gasteiger partial charge in [-0.2, -0.15) is 0 Å². The second-order valence-corrected chi connectivity index (χ2v) is 6.34. The van der Waals surface area contributed by atoms with E-state index in [1.54, 1.807) is 12.4 Å². The van der Waals surface area contributed by atoms with Crippen LogP contribution >= 0.6 is 0 Å². The van der Waals surface area contributed by atoms with Crippen molar-refractivity contribution in [1.82, 2.24) is 9.55 Å². The minimum Gasteiger partial charge on any atom is -0.365 e. The van der Waals surface area contributed by atoms with Gasteiger partial charge in [0.15, 0.2) is 5.82 Å². The summed E-state index contributed by atoms with van der Waals surface area (Å²) < 4.78 is 1.81. The number of nitrogens with zero attached hydrogens (tertiary/aromatic N) is 2. The Morgan fingerprint density at radius 3 is 2.75 bits per heavy atom. The minimum atomic E-state index is 0.0120. The summed E-state index contributed by atoms with van der Waals surface area (Å²) in [5.41, 5.74) is 6.14. The van der Waals surface area contributed by atoms with Gasteiger partial charge in [0.2, 0.25) is 0 Å². The molecule has 1 heterocycles. The van der Waals surface area contributed by atoms with Crippen molar-refractivity contribution < 1.29 is 0 Å². The molecule has 2 aliphatic carbocycles. The maximum Gasteiger partial charge on any atom is 0.293 e. The first-order valence-electron chi connectivity index (χ1n) is 7.75. The molecule has 0 aromatic carbocycles. The van der Waals surface area contributed by atoms with Crippen molar-refractivity contribution in [3.63, 3.8) is 0 Å². The van der Waals surface area contributed by atoms with Gasteiger partial charge in [0.1, 0.15) is 0 Å². The Kier molecular flexibility index (Phi) is 3.78. The van der Waals surface area contributed by atoms with Crippen LogP contribution in [-0.2, 0) is 0 Å². The second-order valence-electron chi connectivity index (χ2n) is 6.34. The van der Waals surface area contributed by atoms with E-state index in [1.807, 2.05) is 4.57 Å². The van der Waals surface area contributed by atoms with Crippen molar-refractivity contribution in [2.24, 2.45) is 11.1 Å². The summed E-state index contributed by atoms with van der Waals surface area (Å²) in [5.74, 6) is 0.484. The zero-order valence-electron chi connectivity index (χ0n) is 12.0. The van der Waals surface area contributed by atoms with Crippen molar-refractivity contribution >= 4 is 5.82 Å². The van der Waals surface area contributed by atoms with E-state index >= 15 is 0 Å². The number of rotatable bonds is 5. The van der Waals surface area contributed by atoms with Crippen LogP contribution in [0.5, 0.6) is 0 Å². The standard InChI is InChI=1S/C15H24N4O/c16-10-15(6-2-1-3-7-15)11-18-13-14(20)19(9-8-17-13)12-4-5-12/h8-9,12H,1-7,10-11,16H2,(H,17,18). The largest absolute Gasteiger partial charge is 0.365 e. The van der Waals surface area contributed by atoms with Gasteiger partial charge in [-0.25, -0.2) is 4.98 Å². The highest BCUT2D eigenvalue weighted by Gasteiger charge is 2.31. The Morgan fingerprint density at radius 2 is 2.10 bits per heavy atom. The summed E-state index contributed by atoms with van der Waals surface area (Å²) in [7, 11) is 0. The molecule has 0 atom stereocenters. The van der Waals surface area contributed by atoms with E-state index in [9.17, 15) is 4.79 Å². The highest BCUT2D eigenvalue weighted by Crippen LogP contribution is 2.35. The van der Waals surface area contributed by atoms with Crippen LogP contribution in [0.15, 0.2) is 17.2 Å². The fraction of sp³-hybridized carbons (Fsp3) is 0.733. The molecule has 1 aromatic heterocycles. The normalized spacial score (nSPS) is 21.6. The molecular formula is C15H24N4O. The highest BCUT2D eigenvalue weighted by atomic mass is 16.1. The lowest BCUT2D eigenvalue weighted by atomic mass is 9.74. The zero-order valence-corrected chi connectivity index (χ0v) is 12.0. The van der Waals surface area contributed by atoms with Crippen molar-refractivity contribution in [2.45, 2.75) is 51.0 Å². The van der Waals surface area contributed by atoms with Gasteiger partial charge >= 0.3 is 0 Å². The van der Waals surface area contributed by atoms with Crippen molar-refractivity contribution in [2.75, 3.05) is 18.4 Å². The summed E-state index contributed by atoms with van der Waals surface area (Å²) >= 11 is 0. The second kappa shape index (κ2) is 5.56. The van der Waals surface area contributed by atoms with E-state index in [0.29, 0.717) is 18.4 Å². The maximum atomic E-state index is 12.3. The van der Waals surface area contributed by atoms with E-state index < -0.39 is 0 Å². The first-order valence-corrected chi connectivity index (χ1v) is 7.75. The third-order valence-corrected chi connectivity index (χ3v) is 4.79. The van der Waals surface area contributed by atoms with Crippen LogP contribution in [0.2, 0.25) is 0 Å². The minimum absolute atomic E-state index is 0.0120. The zero-order chi connectivity index (χ0) is 14.0. The average Bonchev–Trinajstić information content (AvgIpc) is 3.32. The molecule has 0 aliphatic heterocycles. The van der Waals surface area contributed by atoms with Crippen LogP contribution in [0.4, 0.5) is 5.82 Å². The van der Waals surface area contributed by atoms with E-state index in [1.165, 1.54) is 19.3 Å². The number of nitrogens with one attached hydrogen (secondary N) is 1. The van der Waals surface area contributed by atoms with Crippen LogP contribution in [0, 0.1) is 5.41 Å². The summed E-state index contributed by atoms with van der Waals surface area (Å²) in [6.45, 7) is 1.45. The van der Waals surface area contributed by atoms with Crippen molar-refractivity contribution in [3.8, 4) is 0 Å². The Balaban J connectivity index is 1.71.